The van der Waals surface area contributed by atoms with E-state index in [4.69, 9.17) is 22.7 Å². The molecule has 0 aromatic rings. The lowest BCUT2D eigenvalue weighted by Gasteiger charge is -2.42. The van der Waals surface area contributed by atoms with Gasteiger partial charge in [0, 0.05) is 24.5 Å². The Balaban J connectivity index is 1.98. The fourth-order valence-electron chi connectivity index (χ4n) is 2.74. The van der Waals surface area contributed by atoms with E-state index in [2.05, 4.69) is 11.6 Å². The van der Waals surface area contributed by atoms with Crippen LogP contribution in [-0.2, 0) is 9.53 Å². The predicted molar refractivity (Wildman–Crippen MR) is 82.4 cm³/mol. The third kappa shape index (κ3) is 2.90. The van der Waals surface area contributed by atoms with Crippen molar-refractivity contribution < 1.29 is 9.53 Å². The molecule has 2 fully saturated rings. The number of thiocarbonyl (C=S) groups is 1. The lowest BCUT2D eigenvalue weighted by atomic mass is 9.78. The molecule has 6 heteroatoms. The first-order chi connectivity index (χ1) is 9.05. The Morgan fingerprint density at radius 3 is 2.42 bits per heavy atom. The number of hydrogen-bond donors (Lipinski definition) is 2. The number of amides is 1. The molecule has 2 aliphatic rings. The second kappa shape index (κ2) is 5.97. The quantitative estimate of drug-likeness (QED) is 0.753. The Morgan fingerprint density at radius 2 is 2.00 bits per heavy atom. The average molecular weight is 302 g/mol. The number of ether oxygens (including phenoxy) is 1. The Morgan fingerprint density at radius 1 is 1.37 bits per heavy atom. The average Bonchev–Trinajstić information content (AvgIpc) is 2.38. The van der Waals surface area contributed by atoms with Crippen LogP contribution < -0.4 is 11.1 Å². The molecule has 0 atom stereocenters. The topological polar surface area (TPSA) is 64.4 Å². The molecule has 4 nitrogen and oxygen atoms in total. The van der Waals surface area contributed by atoms with Gasteiger partial charge < -0.3 is 15.8 Å². The fraction of sp³-hybridized carbons (Fsp3) is 0.846. The van der Waals surface area contributed by atoms with Crippen molar-refractivity contribution >= 4 is 34.9 Å². The lowest BCUT2D eigenvalue weighted by molar-refractivity contribution is -0.131. The first-order valence-electron chi connectivity index (χ1n) is 6.76. The standard InChI is InChI=1S/C13H22N2O2S2/c1-19-12(3-2-4-12)9-15-11(16)13(10(14)18)5-7-17-8-6-13/h2-9H2,1H3,(H2,14,18)(H,15,16). The first-order valence-corrected chi connectivity index (χ1v) is 8.39. The molecule has 0 bridgehead atoms. The highest BCUT2D eigenvalue weighted by molar-refractivity contribution is 8.00. The largest absolute Gasteiger partial charge is 0.392 e. The number of hydrogen-bond acceptors (Lipinski definition) is 4. The zero-order chi connectivity index (χ0) is 13.9. The third-order valence-corrected chi connectivity index (χ3v) is 6.33. The van der Waals surface area contributed by atoms with E-state index in [0.717, 1.165) is 6.54 Å². The molecule has 1 aliphatic carbocycles. The third-order valence-electron chi connectivity index (χ3n) is 4.52. The van der Waals surface area contributed by atoms with Crippen molar-refractivity contribution in [2.75, 3.05) is 26.0 Å². The number of rotatable bonds is 5. The molecule has 1 amide bonds. The molecule has 1 saturated heterocycles. The van der Waals surface area contributed by atoms with Crippen LogP contribution >= 0.6 is 24.0 Å². The van der Waals surface area contributed by atoms with E-state index in [1.54, 1.807) is 0 Å². The first kappa shape index (κ1) is 15.1. The van der Waals surface area contributed by atoms with Gasteiger partial charge in [-0.2, -0.15) is 11.8 Å². The molecule has 1 aliphatic heterocycles. The molecular weight excluding hydrogens is 280 g/mol. The van der Waals surface area contributed by atoms with Gasteiger partial charge in [0.1, 0.15) is 5.41 Å². The van der Waals surface area contributed by atoms with Crippen molar-refractivity contribution in [1.82, 2.24) is 5.32 Å². The van der Waals surface area contributed by atoms with Crippen LogP contribution in [0.3, 0.4) is 0 Å². The zero-order valence-corrected chi connectivity index (χ0v) is 13.0. The molecule has 0 radical (unpaired) electrons. The van der Waals surface area contributed by atoms with Crippen LogP contribution in [0, 0.1) is 5.41 Å². The second-order valence-corrected chi connectivity index (χ2v) is 7.20. The highest BCUT2D eigenvalue weighted by Crippen LogP contribution is 2.42. The maximum atomic E-state index is 12.5. The van der Waals surface area contributed by atoms with Gasteiger partial charge in [-0.1, -0.05) is 18.6 Å². The van der Waals surface area contributed by atoms with Gasteiger partial charge in [0.05, 0.1) is 4.99 Å². The van der Waals surface area contributed by atoms with Gasteiger partial charge in [-0.25, -0.2) is 0 Å². The highest BCUT2D eigenvalue weighted by Gasteiger charge is 2.44. The van der Waals surface area contributed by atoms with Crippen LogP contribution in [0.25, 0.3) is 0 Å². The minimum Gasteiger partial charge on any atom is -0.392 e. The maximum Gasteiger partial charge on any atom is 0.233 e. The molecule has 2 rings (SSSR count). The molecule has 108 valence electrons. The molecule has 0 aromatic carbocycles. The van der Waals surface area contributed by atoms with E-state index in [-0.39, 0.29) is 10.7 Å². The van der Waals surface area contributed by atoms with Crippen LogP contribution in [0.1, 0.15) is 32.1 Å². The summed E-state index contributed by atoms with van der Waals surface area (Å²) in [6.07, 6.45) is 6.92. The smallest absolute Gasteiger partial charge is 0.233 e. The Kier molecular flexibility index (Phi) is 4.74. The summed E-state index contributed by atoms with van der Waals surface area (Å²) in [7, 11) is 0. The van der Waals surface area contributed by atoms with Crippen LogP contribution in [0.2, 0.25) is 0 Å². The summed E-state index contributed by atoms with van der Waals surface area (Å²) in [6, 6.07) is 0. The summed E-state index contributed by atoms with van der Waals surface area (Å²) in [4.78, 5) is 12.8. The zero-order valence-electron chi connectivity index (χ0n) is 11.4. The van der Waals surface area contributed by atoms with Gasteiger partial charge in [-0.3, -0.25) is 4.79 Å². The molecule has 1 heterocycles. The minimum atomic E-state index is -0.697. The minimum absolute atomic E-state index is 0.0105. The number of thioether (sulfide) groups is 1. The molecule has 0 aromatic heterocycles. The molecular formula is C13H22N2O2S2. The summed E-state index contributed by atoms with van der Waals surface area (Å²) in [6.45, 7) is 1.83. The number of nitrogens with one attached hydrogen (secondary N) is 1. The Hall–Kier alpha value is -0.330. The van der Waals surface area contributed by atoms with Gasteiger partial charge in [0.25, 0.3) is 0 Å². The van der Waals surface area contributed by atoms with E-state index in [1.165, 1.54) is 19.3 Å². The van der Waals surface area contributed by atoms with Gasteiger partial charge in [-0.15, -0.1) is 0 Å². The Bertz CT molecular complexity index is 358. The van der Waals surface area contributed by atoms with Crippen molar-refractivity contribution in [3.8, 4) is 0 Å². The van der Waals surface area contributed by atoms with E-state index in [0.29, 0.717) is 31.0 Å². The Labute approximate surface area is 124 Å². The van der Waals surface area contributed by atoms with E-state index < -0.39 is 5.41 Å². The van der Waals surface area contributed by atoms with Gasteiger partial charge in [0.2, 0.25) is 5.91 Å². The summed E-state index contributed by atoms with van der Waals surface area (Å²) >= 11 is 6.99. The van der Waals surface area contributed by atoms with Crippen molar-refractivity contribution in [2.24, 2.45) is 11.1 Å². The van der Waals surface area contributed by atoms with E-state index in [1.807, 2.05) is 11.8 Å². The summed E-state index contributed by atoms with van der Waals surface area (Å²) in [5.41, 5.74) is 5.13. The van der Waals surface area contributed by atoms with E-state index >= 15 is 0 Å². The number of carbonyl (C=O) groups excluding carboxylic acids is 1. The SMILES string of the molecule is CSC1(CNC(=O)C2(C(N)=S)CCOCC2)CCC1. The highest BCUT2D eigenvalue weighted by atomic mass is 32.2. The lowest BCUT2D eigenvalue weighted by Crippen LogP contribution is -2.55. The molecule has 0 unspecified atom stereocenters. The monoisotopic (exact) mass is 302 g/mol. The van der Waals surface area contributed by atoms with E-state index in [9.17, 15) is 4.79 Å². The van der Waals surface area contributed by atoms with Crippen LogP contribution in [0.4, 0.5) is 0 Å². The molecule has 0 spiro atoms. The predicted octanol–water partition coefficient (Wildman–Crippen LogP) is 1.47. The number of nitrogens with two attached hydrogens (primary N) is 1. The molecule has 1 saturated carbocycles. The maximum absolute atomic E-state index is 12.5. The molecule has 19 heavy (non-hydrogen) atoms. The summed E-state index contributed by atoms with van der Waals surface area (Å²) in [5.74, 6) is -0.0105. The summed E-state index contributed by atoms with van der Waals surface area (Å²) < 4.78 is 5.56. The fourth-order valence-corrected chi connectivity index (χ4v) is 3.95. The van der Waals surface area contributed by atoms with Crippen molar-refractivity contribution in [2.45, 2.75) is 36.9 Å². The second-order valence-electron chi connectivity index (χ2n) is 5.48. The van der Waals surface area contributed by atoms with Crippen molar-refractivity contribution in [3.63, 3.8) is 0 Å². The van der Waals surface area contributed by atoms with Gasteiger partial charge in [0.15, 0.2) is 0 Å². The normalized spacial score (nSPS) is 24.3. The van der Waals surface area contributed by atoms with Gasteiger partial charge in [-0.05, 0) is 31.9 Å². The van der Waals surface area contributed by atoms with Crippen LogP contribution in [-0.4, -0.2) is 41.7 Å². The van der Waals surface area contributed by atoms with Crippen LogP contribution in [0.15, 0.2) is 0 Å². The van der Waals surface area contributed by atoms with Crippen molar-refractivity contribution in [1.29, 1.82) is 0 Å². The van der Waals surface area contributed by atoms with Crippen LogP contribution in [0.5, 0.6) is 0 Å². The van der Waals surface area contributed by atoms with Crippen molar-refractivity contribution in [3.05, 3.63) is 0 Å². The summed E-state index contributed by atoms with van der Waals surface area (Å²) in [5, 5.41) is 3.09. The van der Waals surface area contributed by atoms with Gasteiger partial charge >= 0.3 is 0 Å². The molecule has 3 N–H and O–H groups in total. The number of carbonyl (C=O) groups is 1.